The maximum Gasteiger partial charge on any atom is 0.167 e. The number of carbonyl (C=O) groups is 1. The largest absolute Gasteiger partial charge is 0.394 e. The number of aromatic nitrogens is 3. The van der Waals surface area contributed by atoms with Crippen LogP contribution >= 0.6 is 0 Å². The van der Waals surface area contributed by atoms with Gasteiger partial charge in [0.25, 0.3) is 0 Å². The van der Waals surface area contributed by atoms with Crippen molar-refractivity contribution in [2.45, 2.75) is 31.0 Å². The Hall–Kier alpha value is -2.07. The van der Waals surface area contributed by atoms with Gasteiger partial charge in [0.15, 0.2) is 12.5 Å². The van der Waals surface area contributed by atoms with Crippen molar-refractivity contribution in [3.63, 3.8) is 0 Å². The fourth-order valence-corrected chi connectivity index (χ4v) is 2.80. The van der Waals surface area contributed by atoms with Gasteiger partial charge in [-0.2, -0.15) is 0 Å². The zero-order valence-corrected chi connectivity index (χ0v) is 11.7. The van der Waals surface area contributed by atoms with Gasteiger partial charge >= 0.3 is 0 Å². The molecule has 4 atom stereocenters. The number of hydrogen-bond donors (Lipinski definition) is 4. The van der Waals surface area contributed by atoms with E-state index in [9.17, 15) is 20.1 Å². The van der Waals surface area contributed by atoms with Crippen molar-refractivity contribution in [2.24, 2.45) is 0 Å². The summed E-state index contributed by atoms with van der Waals surface area (Å²) in [5.74, 6) is 0.128. The van der Waals surface area contributed by atoms with Crippen LogP contribution in [-0.4, -0.2) is 60.6 Å². The molecule has 0 spiro atoms. The van der Waals surface area contributed by atoms with Gasteiger partial charge in [0, 0.05) is 11.8 Å². The van der Waals surface area contributed by atoms with Crippen LogP contribution in [-0.2, 0) is 4.74 Å². The summed E-state index contributed by atoms with van der Waals surface area (Å²) < 4.78 is 6.94. The lowest BCUT2D eigenvalue weighted by molar-refractivity contribution is -0.0948. The molecule has 9 nitrogen and oxygen atoms in total. The van der Waals surface area contributed by atoms with Gasteiger partial charge in [-0.15, -0.1) is 0 Å². The minimum absolute atomic E-state index is 0.128. The highest BCUT2D eigenvalue weighted by molar-refractivity contribution is 6.01. The van der Waals surface area contributed by atoms with Gasteiger partial charge < -0.3 is 30.4 Å². The van der Waals surface area contributed by atoms with E-state index in [1.165, 1.54) is 24.0 Å². The minimum atomic E-state index is -1.68. The number of ether oxygens (including phenoxy) is 1. The van der Waals surface area contributed by atoms with Crippen LogP contribution in [0.4, 0.5) is 5.82 Å². The van der Waals surface area contributed by atoms with Crippen LogP contribution < -0.4 is 5.73 Å². The first kappa shape index (κ1) is 14.9. The number of fused-ring (bicyclic) bond motifs is 1. The second-order valence-electron chi connectivity index (χ2n) is 5.45. The van der Waals surface area contributed by atoms with Crippen molar-refractivity contribution in [2.75, 3.05) is 12.3 Å². The lowest BCUT2D eigenvalue weighted by Gasteiger charge is -2.27. The molecule has 2 aromatic rings. The number of aliphatic hydroxyl groups excluding tert-OH is 2. The fourth-order valence-electron chi connectivity index (χ4n) is 2.80. The Balaban J connectivity index is 2.19. The summed E-state index contributed by atoms with van der Waals surface area (Å²) in [5.41, 5.74) is 4.64. The van der Waals surface area contributed by atoms with Gasteiger partial charge in [-0.05, 0) is 6.92 Å². The fraction of sp³-hybridized carbons (Fsp3) is 0.462. The van der Waals surface area contributed by atoms with Crippen molar-refractivity contribution in [3.05, 3.63) is 18.1 Å². The number of carbonyl (C=O) groups excluding carboxylic acids is 1. The summed E-state index contributed by atoms with van der Waals surface area (Å²) in [6.45, 7) is 0.930. The molecular weight excluding hydrogens is 292 g/mol. The molecule has 1 fully saturated rings. The van der Waals surface area contributed by atoms with E-state index in [0.29, 0.717) is 17.3 Å². The number of aldehydes is 1. The van der Waals surface area contributed by atoms with E-state index in [4.69, 9.17) is 10.5 Å². The third kappa shape index (κ3) is 1.91. The molecule has 3 heterocycles. The van der Waals surface area contributed by atoms with Crippen LogP contribution in [0.15, 0.2) is 12.5 Å². The molecule has 0 bridgehead atoms. The molecule has 0 radical (unpaired) electrons. The monoisotopic (exact) mass is 308 g/mol. The number of anilines is 1. The van der Waals surface area contributed by atoms with Crippen molar-refractivity contribution >= 4 is 23.1 Å². The SMILES string of the molecule is CC1(O)C(n2cc(C=O)c3c(N)ncnc32)OC(CO)[C@H]1O. The molecule has 0 aliphatic carbocycles. The number of hydrogen-bond acceptors (Lipinski definition) is 8. The van der Waals surface area contributed by atoms with Crippen LogP contribution in [0, 0.1) is 0 Å². The highest BCUT2D eigenvalue weighted by atomic mass is 16.6. The zero-order valence-electron chi connectivity index (χ0n) is 11.7. The van der Waals surface area contributed by atoms with E-state index in [-0.39, 0.29) is 11.4 Å². The third-order valence-electron chi connectivity index (χ3n) is 3.98. The summed E-state index contributed by atoms with van der Waals surface area (Å²) in [6, 6.07) is 0. The van der Waals surface area contributed by atoms with Crippen molar-refractivity contribution in [1.29, 1.82) is 0 Å². The Labute approximate surface area is 125 Å². The normalized spacial score (nSPS) is 31.7. The Kier molecular flexibility index (Phi) is 3.37. The van der Waals surface area contributed by atoms with E-state index < -0.39 is 30.6 Å². The number of nitrogens with zero attached hydrogens (tertiary/aromatic N) is 3. The number of nitrogens with two attached hydrogens (primary N) is 1. The molecule has 5 N–H and O–H groups in total. The molecule has 0 saturated carbocycles. The molecule has 1 aliphatic rings. The van der Waals surface area contributed by atoms with Gasteiger partial charge in [-0.3, -0.25) is 4.79 Å². The van der Waals surface area contributed by atoms with Gasteiger partial charge in [-0.1, -0.05) is 0 Å². The summed E-state index contributed by atoms with van der Waals surface area (Å²) in [7, 11) is 0. The summed E-state index contributed by atoms with van der Waals surface area (Å²) in [4.78, 5) is 19.1. The van der Waals surface area contributed by atoms with Crippen LogP contribution in [0.25, 0.3) is 11.0 Å². The second-order valence-corrected chi connectivity index (χ2v) is 5.45. The molecule has 118 valence electrons. The number of nitrogen functional groups attached to an aromatic ring is 1. The van der Waals surface area contributed by atoms with E-state index in [2.05, 4.69) is 9.97 Å². The molecule has 9 heteroatoms. The first-order valence-corrected chi connectivity index (χ1v) is 6.64. The predicted molar refractivity (Wildman–Crippen MR) is 75.0 cm³/mol. The average Bonchev–Trinajstić information content (AvgIpc) is 2.97. The quantitative estimate of drug-likeness (QED) is 0.519. The van der Waals surface area contributed by atoms with Gasteiger partial charge in [-0.25, -0.2) is 9.97 Å². The Morgan fingerprint density at radius 1 is 1.55 bits per heavy atom. The smallest absolute Gasteiger partial charge is 0.167 e. The second kappa shape index (κ2) is 4.99. The molecule has 3 rings (SSSR count). The lowest BCUT2D eigenvalue weighted by atomic mass is 9.96. The maximum absolute atomic E-state index is 11.2. The van der Waals surface area contributed by atoms with Crippen molar-refractivity contribution in [3.8, 4) is 0 Å². The molecule has 22 heavy (non-hydrogen) atoms. The molecule has 2 aromatic heterocycles. The average molecular weight is 308 g/mol. The van der Waals surface area contributed by atoms with Gasteiger partial charge in [0.2, 0.25) is 0 Å². The van der Waals surface area contributed by atoms with E-state index in [1.807, 2.05) is 0 Å². The number of aliphatic hydroxyl groups is 3. The standard InChI is InChI=1S/C13H16N4O5/c1-13(21)9(20)7(4-19)22-12(13)17-2-6(3-18)8-10(14)15-5-16-11(8)17/h2-3,5,7,9,12,19-21H,4H2,1H3,(H2,14,15,16)/t7?,9-,12?,13?/m1/s1. The van der Waals surface area contributed by atoms with E-state index >= 15 is 0 Å². The zero-order chi connectivity index (χ0) is 16.1. The molecule has 0 aromatic carbocycles. The first-order chi connectivity index (χ1) is 10.4. The molecule has 1 saturated heterocycles. The minimum Gasteiger partial charge on any atom is -0.394 e. The number of rotatable bonds is 3. The molecule has 3 unspecified atom stereocenters. The predicted octanol–water partition coefficient (Wildman–Crippen LogP) is -1.17. The summed E-state index contributed by atoms with van der Waals surface area (Å²) in [5, 5.41) is 30.2. The summed E-state index contributed by atoms with van der Waals surface area (Å²) >= 11 is 0. The third-order valence-corrected chi connectivity index (χ3v) is 3.98. The van der Waals surface area contributed by atoms with Crippen molar-refractivity contribution < 1.29 is 24.9 Å². The molecular formula is C13H16N4O5. The maximum atomic E-state index is 11.2. The first-order valence-electron chi connectivity index (χ1n) is 6.64. The molecule has 1 aliphatic heterocycles. The van der Waals surface area contributed by atoms with Gasteiger partial charge in [0.05, 0.1) is 12.0 Å². The van der Waals surface area contributed by atoms with E-state index in [1.54, 1.807) is 0 Å². The highest BCUT2D eigenvalue weighted by Crippen LogP contribution is 2.40. The highest BCUT2D eigenvalue weighted by Gasteiger charge is 2.53. The Morgan fingerprint density at radius 2 is 2.27 bits per heavy atom. The summed E-state index contributed by atoms with van der Waals surface area (Å²) in [6.07, 6.45) is -0.0247. The van der Waals surface area contributed by atoms with Gasteiger partial charge in [0.1, 0.15) is 35.6 Å². The van der Waals surface area contributed by atoms with Crippen molar-refractivity contribution in [1.82, 2.24) is 14.5 Å². The van der Waals surface area contributed by atoms with E-state index in [0.717, 1.165) is 0 Å². The topological polar surface area (TPSA) is 144 Å². The molecule has 0 amide bonds. The van der Waals surface area contributed by atoms with Crippen LogP contribution in [0.1, 0.15) is 23.5 Å². The lowest BCUT2D eigenvalue weighted by Crippen LogP contribution is -2.44. The van der Waals surface area contributed by atoms with Crippen LogP contribution in [0.3, 0.4) is 0 Å². The van der Waals surface area contributed by atoms with Crippen LogP contribution in [0.5, 0.6) is 0 Å². The Bertz CT molecular complexity index is 729. The van der Waals surface area contributed by atoms with Crippen LogP contribution in [0.2, 0.25) is 0 Å². The Morgan fingerprint density at radius 3 is 2.86 bits per heavy atom.